The molecule has 3 saturated carbocycles. The summed E-state index contributed by atoms with van der Waals surface area (Å²) >= 11 is 0. The molecule has 0 spiro atoms. The molecule has 15 nitrogen and oxygen atoms in total. The van der Waals surface area contributed by atoms with Gasteiger partial charge in [-0.3, -0.25) is 14.4 Å². The Labute approximate surface area is 266 Å². The second-order valence-electron chi connectivity index (χ2n) is 13.6. The first-order valence-corrected chi connectivity index (χ1v) is 15.9. The third-order valence-electron chi connectivity index (χ3n) is 11.1. The Morgan fingerprint density at radius 3 is 2.54 bits per heavy atom. The molecule has 8 atom stereocenters. The number of fused-ring (bicyclic) bond motifs is 5. The summed E-state index contributed by atoms with van der Waals surface area (Å²) in [4.78, 5) is 75.8. The Hall–Kier alpha value is -3.59. The van der Waals surface area contributed by atoms with Gasteiger partial charge in [0, 0.05) is 18.3 Å². The molecule has 4 N–H and O–H groups in total. The van der Waals surface area contributed by atoms with Gasteiger partial charge in [0.15, 0.2) is 18.4 Å². The number of carboxylic acid groups (broad SMARTS) is 1. The fourth-order valence-electron chi connectivity index (χ4n) is 8.73. The van der Waals surface area contributed by atoms with E-state index in [1.54, 1.807) is 13.0 Å². The molecule has 0 bridgehead atoms. The predicted molar refractivity (Wildman–Crippen MR) is 156 cm³/mol. The van der Waals surface area contributed by atoms with Crippen LogP contribution in [0.2, 0.25) is 0 Å². The van der Waals surface area contributed by atoms with Gasteiger partial charge in [-0.2, -0.15) is 0 Å². The molecular weight excluding hydrogens is 608 g/mol. The van der Waals surface area contributed by atoms with Gasteiger partial charge in [-0.05, 0) is 80.6 Å². The Bertz CT molecular complexity index is 1270. The van der Waals surface area contributed by atoms with Crippen molar-refractivity contribution in [3.63, 3.8) is 0 Å². The van der Waals surface area contributed by atoms with Gasteiger partial charge in [0.05, 0.1) is 12.7 Å². The molecule has 256 valence electrons. The highest BCUT2D eigenvalue weighted by Gasteiger charge is 2.68. The first-order chi connectivity index (χ1) is 21.6. The lowest BCUT2D eigenvalue weighted by Crippen LogP contribution is -2.62. The Morgan fingerprint density at radius 2 is 1.85 bits per heavy atom. The average Bonchev–Trinajstić information content (AvgIpc) is 3.26. The normalized spacial score (nSPS) is 33.7. The van der Waals surface area contributed by atoms with Gasteiger partial charge in [-0.25, -0.2) is 9.59 Å². The zero-order chi connectivity index (χ0) is 33.9. The minimum Gasteiger partial charge on any atom is -0.480 e. The van der Waals surface area contributed by atoms with Gasteiger partial charge in [-0.1, -0.05) is 25.8 Å². The van der Waals surface area contributed by atoms with Gasteiger partial charge in [0.2, 0.25) is 11.7 Å². The Balaban J connectivity index is 1.28. The largest absolute Gasteiger partial charge is 0.508 e. The number of ether oxygens (including phenoxy) is 2. The third kappa shape index (κ3) is 7.04. The fourth-order valence-corrected chi connectivity index (χ4v) is 8.73. The van der Waals surface area contributed by atoms with Crippen LogP contribution < -0.4 is 5.32 Å². The van der Waals surface area contributed by atoms with Crippen molar-refractivity contribution in [2.24, 2.45) is 28.6 Å². The van der Waals surface area contributed by atoms with Crippen molar-refractivity contribution >= 4 is 29.6 Å². The van der Waals surface area contributed by atoms with Crippen LogP contribution in [0.25, 0.3) is 0 Å². The van der Waals surface area contributed by atoms with E-state index in [2.05, 4.69) is 17.1 Å². The Morgan fingerprint density at radius 1 is 1.11 bits per heavy atom. The summed E-state index contributed by atoms with van der Waals surface area (Å²) in [6.07, 6.45) is 4.03. The van der Waals surface area contributed by atoms with Crippen LogP contribution in [0.1, 0.15) is 84.5 Å². The van der Waals surface area contributed by atoms with Crippen LogP contribution in [0.3, 0.4) is 0 Å². The molecule has 4 rings (SSSR count). The quantitative estimate of drug-likeness (QED) is 0.0915. The van der Waals surface area contributed by atoms with Gasteiger partial charge >= 0.3 is 12.1 Å². The second kappa shape index (κ2) is 14.0. The van der Waals surface area contributed by atoms with Crippen molar-refractivity contribution in [3.8, 4) is 0 Å². The number of nitrogens with one attached hydrogen (secondary N) is 1. The van der Waals surface area contributed by atoms with Gasteiger partial charge in [0.25, 0.3) is 5.09 Å². The van der Waals surface area contributed by atoms with E-state index in [4.69, 9.17) is 9.47 Å². The first-order valence-electron chi connectivity index (χ1n) is 15.9. The first kappa shape index (κ1) is 35.3. The number of rotatable bonds is 14. The maximum Gasteiger partial charge on any atom is 0.508 e. The zero-order valence-electron chi connectivity index (χ0n) is 26.2. The molecule has 4 aliphatic rings. The molecule has 1 unspecified atom stereocenters. The highest BCUT2D eigenvalue weighted by molar-refractivity contribution is 5.92. The number of nitrogens with zero attached hydrogens (tertiary/aromatic N) is 1. The van der Waals surface area contributed by atoms with Crippen LogP contribution in [0.15, 0.2) is 11.6 Å². The van der Waals surface area contributed by atoms with E-state index in [1.807, 2.05) is 0 Å². The van der Waals surface area contributed by atoms with E-state index in [0.717, 1.165) is 18.4 Å². The van der Waals surface area contributed by atoms with E-state index >= 15 is 0 Å². The zero-order valence-corrected chi connectivity index (χ0v) is 26.2. The minimum atomic E-state index is -1.86. The van der Waals surface area contributed by atoms with Crippen LogP contribution in [-0.4, -0.2) is 87.6 Å². The predicted octanol–water partition coefficient (Wildman–Crippen LogP) is 2.28. The van der Waals surface area contributed by atoms with E-state index in [1.165, 1.54) is 0 Å². The molecule has 0 aromatic heterocycles. The number of aliphatic hydroxyl groups is 2. The van der Waals surface area contributed by atoms with E-state index in [0.29, 0.717) is 38.5 Å². The van der Waals surface area contributed by atoms with Crippen molar-refractivity contribution in [2.75, 3.05) is 19.8 Å². The van der Waals surface area contributed by atoms with Crippen LogP contribution >= 0.6 is 0 Å². The number of hydrogen-bond donors (Lipinski definition) is 4. The van der Waals surface area contributed by atoms with E-state index in [-0.39, 0.29) is 54.8 Å². The molecule has 0 radical (unpaired) electrons. The molecule has 3 fully saturated rings. The average molecular weight is 653 g/mol. The lowest BCUT2D eigenvalue weighted by molar-refractivity contribution is -0.757. The van der Waals surface area contributed by atoms with Crippen LogP contribution in [0.5, 0.6) is 0 Å². The van der Waals surface area contributed by atoms with Gasteiger partial charge < -0.3 is 34.9 Å². The standard InChI is InChI=1S/C31H44N2O13/c1-29-11-9-19(34)14-18(29)7-8-20-21-10-12-31(41,30(21,2)15-23(35)26(20)29)24(36)17-45-28(40)44-16-22(27(38)39)32-25(37)6-4-3-5-13-46-33(42)43/h14,20-23,26,35,41H,3-13,15-17H2,1-2H3,(H,32,37)(H,38,39)/t20-,21-,22?,23-,26+,29-,30-,31-/m0/s1. The summed E-state index contributed by atoms with van der Waals surface area (Å²) < 4.78 is 9.79. The maximum absolute atomic E-state index is 13.4. The second-order valence-corrected chi connectivity index (χ2v) is 13.6. The third-order valence-corrected chi connectivity index (χ3v) is 11.1. The molecule has 46 heavy (non-hydrogen) atoms. The number of carbonyl (C=O) groups excluding carboxylic acids is 4. The molecule has 0 aromatic rings. The number of carbonyl (C=O) groups is 5. The summed E-state index contributed by atoms with van der Waals surface area (Å²) in [6.45, 7) is 2.21. The number of carboxylic acids is 1. The van der Waals surface area contributed by atoms with Crippen molar-refractivity contribution in [2.45, 2.75) is 102 Å². The van der Waals surface area contributed by atoms with E-state index < -0.39 is 65.3 Å². The van der Waals surface area contributed by atoms with Crippen LogP contribution in [-0.2, 0) is 33.5 Å². The SMILES string of the molecule is C[C@]12CCC(=O)C=C1CC[C@@H]1[C@@H]2[C@@H](O)C[C@@]2(C)[C@H]1CC[C@]2(O)C(=O)COC(=O)OCC(NC(=O)CCCCCO[N+](=O)[O-])C(=O)O. The molecule has 15 heteroatoms. The summed E-state index contributed by atoms with van der Waals surface area (Å²) in [5.74, 6) is -2.85. The van der Waals surface area contributed by atoms with Gasteiger partial charge in [0.1, 0.15) is 12.2 Å². The minimum absolute atomic E-state index is 0.0441. The number of allylic oxidation sites excluding steroid dienone is 1. The number of unbranched alkanes of at least 4 members (excludes halogenated alkanes) is 2. The smallest absolute Gasteiger partial charge is 0.480 e. The highest BCUT2D eigenvalue weighted by Crippen LogP contribution is 2.67. The van der Waals surface area contributed by atoms with Crippen molar-refractivity contribution in [1.29, 1.82) is 0 Å². The molecule has 0 aliphatic heterocycles. The number of hydrogen-bond acceptors (Lipinski definition) is 12. The summed E-state index contributed by atoms with van der Waals surface area (Å²) in [6, 6.07) is -1.58. The highest BCUT2D eigenvalue weighted by atomic mass is 16.9. The molecule has 0 heterocycles. The monoisotopic (exact) mass is 652 g/mol. The van der Waals surface area contributed by atoms with Gasteiger partial charge in [-0.15, -0.1) is 10.1 Å². The lowest BCUT2D eigenvalue weighted by Gasteiger charge is -2.60. The molecule has 1 amide bonds. The Kier molecular flexibility index (Phi) is 10.8. The lowest BCUT2D eigenvalue weighted by atomic mass is 9.45. The van der Waals surface area contributed by atoms with Crippen LogP contribution in [0, 0.1) is 38.7 Å². The molecule has 0 saturated heterocycles. The molecule has 4 aliphatic carbocycles. The summed E-state index contributed by atoms with van der Waals surface area (Å²) in [5.41, 5.74) is -2.08. The van der Waals surface area contributed by atoms with Crippen LogP contribution in [0.4, 0.5) is 4.79 Å². The number of ketones is 2. The topological polar surface area (TPSA) is 229 Å². The molecule has 0 aromatic carbocycles. The fraction of sp³-hybridized carbons (Fsp3) is 0.774. The number of aliphatic carboxylic acids is 1. The number of amides is 1. The van der Waals surface area contributed by atoms with Crippen molar-refractivity contribution in [3.05, 3.63) is 21.8 Å². The summed E-state index contributed by atoms with van der Waals surface area (Å²) in [5, 5.41) is 44.1. The number of aliphatic hydroxyl groups excluding tert-OH is 1. The summed E-state index contributed by atoms with van der Waals surface area (Å²) in [7, 11) is 0. The van der Waals surface area contributed by atoms with E-state index in [9.17, 15) is 49.4 Å². The maximum atomic E-state index is 13.4. The number of Topliss-reactive ketones (excluding diaryl/α,β-unsaturated/α-hetero) is 1. The van der Waals surface area contributed by atoms with Crippen molar-refractivity contribution < 1.29 is 58.7 Å². The molecular formula is C31H44N2O13. The van der Waals surface area contributed by atoms with Crippen molar-refractivity contribution in [1.82, 2.24) is 5.32 Å².